The molecule has 1 aromatic carbocycles. The van der Waals surface area contributed by atoms with Crippen LogP contribution in [-0.4, -0.2) is 27.8 Å². The maximum atomic E-state index is 13.4. The average Bonchev–Trinajstić information content (AvgIpc) is 3.25. The van der Waals surface area contributed by atoms with E-state index in [4.69, 9.17) is 4.98 Å². The van der Waals surface area contributed by atoms with Gasteiger partial charge in [0.05, 0.1) is 11.1 Å². The van der Waals surface area contributed by atoms with Crippen molar-refractivity contribution >= 4 is 39.2 Å². The highest BCUT2D eigenvalue weighted by Crippen LogP contribution is 2.32. The number of rotatable bonds is 9. The molecule has 0 bridgehead atoms. The van der Waals surface area contributed by atoms with E-state index < -0.39 is 0 Å². The SMILES string of the molecule is C=CCn1c(SCC(=O)NCCC2=CCCCC2)nc2scc(-c3ccc(C)cc3)c2c1=O. The summed E-state index contributed by atoms with van der Waals surface area (Å²) in [6.07, 6.45) is 9.74. The summed E-state index contributed by atoms with van der Waals surface area (Å²) in [6, 6.07) is 8.15. The molecule has 0 fully saturated rings. The topological polar surface area (TPSA) is 64.0 Å². The van der Waals surface area contributed by atoms with Gasteiger partial charge >= 0.3 is 0 Å². The second-order valence-corrected chi connectivity index (χ2v) is 10.1. The minimum atomic E-state index is -0.0936. The Labute approximate surface area is 202 Å². The lowest BCUT2D eigenvalue weighted by Crippen LogP contribution is -2.28. The van der Waals surface area contributed by atoms with Crippen molar-refractivity contribution in [1.29, 1.82) is 0 Å². The zero-order chi connectivity index (χ0) is 23.2. The number of nitrogens with zero attached hydrogens (tertiary/aromatic N) is 2. The molecule has 1 N–H and O–H groups in total. The first-order valence-electron chi connectivity index (χ1n) is 11.3. The number of aryl methyl sites for hydroxylation is 1. The van der Waals surface area contributed by atoms with Gasteiger partial charge in [0.1, 0.15) is 4.83 Å². The maximum Gasteiger partial charge on any atom is 0.263 e. The van der Waals surface area contributed by atoms with Gasteiger partial charge in [-0.2, -0.15) is 0 Å². The van der Waals surface area contributed by atoms with Gasteiger partial charge in [-0.15, -0.1) is 17.9 Å². The Balaban J connectivity index is 1.50. The molecule has 172 valence electrons. The molecule has 1 aliphatic rings. The van der Waals surface area contributed by atoms with Crippen molar-refractivity contribution in [1.82, 2.24) is 14.9 Å². The van der Waals surface area contributed by atoms with Crippen molar-refractivity contribution in [3.63, 3.8) is 0 Å². The van der Waals surface area contributed by atoms with Gasteiger partial charge in [-0.1, -0.05) is 59.3 Å². The van der Waals surface area contributed by atoms with Crippen LogP contribution in [0.2, 0.25) is 0 Å². The van der Waals surface area contributed by atoms with Crippen LogP contribution in [0.25, 0.3) is 21.3 Å². The summed E-state index contributed by atoms with van der Waals surface area (Å²) >= 11 is 2.76. The van der Waals surface area contributed by atoms with Crippen molar-refractivity contribution in [3.05, 3.63) is 69.9 Å². The number of hydrogen-bond donors (Lipinski definition) is 1. The summed E-state index contributed by atoms with van der Waals surface area (Å²) < 4.78 is 1.62. The lowest BCUT2D eigenvalue weighted by molar-refractivity contribution is -0.118. The van der Waals surface area contributed by atoms with Crippen molar-refractivity contribution in [3.8, 4) is 11.1 Å². The van der Waals surface area contributed by atoms with E-state index in [1.807, 2.05) is 36.6 Å². The first-order valence-corrected chi connectivity index (χ1v) is 13.2. The summed E-state index contributed by atoms with van der Waals surface area (Å²) in [5, 5.41) is 6.17. The van der Waals surface area contributed by atoms with E-state index in [0.29, 0.717) is 28.5 Å². The molecule has 0 unspecified atom stereocenters. The monoisotopic (exact) mass is 479 g/mol. The number of nitrogens with one attached hydrogen (secondary N) is 1. The van der Waals surface area contributed by atoms with Gasteiger partial charge in [0, 0.05) is 24.0 Å². The van der Waals surface area contributed by atoms with Crippen molar-refractivity contribution in [2.24, 2.45) is 0 Å². The van der Waals surface area contributed by atoms with Gasteiger partial charge in [-0.25, -0.2) is 4.98 Å². The van der Waals surface area contributed by atoms with Gasteiger partial charge in [0.2, 0.25) is 5.91 Å². The molecular formula is C26H29N3O2S2. The average molecular weight is 480 g/mol. The van der Waals surface area contributed by atoms with Gasteiger partial charge in [0.15, 0.2) is 5.16 Å². The van der Waals surface area contributed by atoms with E-state index in [-0.39, 0.29) is 17.2 Å². The molecule has 4 rings (SSSR count). The number of thiophene rings is 1. The largest absolute Gasteiger partial charge is 0.355 e. The second kappa shape index (κ2) is 11.0. The fourth-order valence-corrected chi connectivity index (χ4v) is 5.85. The highest BCUT2D eigenvalue weighted by molar-refractivity contribution is 7.99. The fourth-order valence-electron chi connectivity index (χ4n) is 4.03. The Kier molecular flexibility index (Phi) is 7.83. The second-order valence-electron chi connectivity index (χ2n) is 8.29. The van der Waals surface area contributed by atoms with Crippen LogP contribution in [0.4, 0.5) is 0 Å². The zero-order valence-electron chi connectivity index (χ0n) is 18.9. The third kappa shape index (κ3) is 5.65. The maximum absolute atomic E-state index is 13.4. The van der Waals surface area contributed by atoms with Crippen LogP contribution in [0.15, 0.2) is 63.9 Å². The highest BCUT2D eigenvalue weighted by atomic mass is 32.2. The molecular weight excluding hydrogens is 450 g/mol. The lowest BCUT2D eigenvalue weighted by Gasteiger charge is -2.13. The molecule has 7 heteroatoms. The van der Waals surface area contributed by atoms with Crippen LogP contribution in [0, 0.1) is 6.92 Å². The van der Waals surface area contributed by atoms with E-state index in [9.17, 15) is 9.59 Å². The van der Waals surface area contributed by atoms with Crippen molar-refractivity contribution in [2.75, 3.05) is 12.3 Å². The van der Waals surface area contributed by atoms with Crippen LogP contribution >= 0.6 is 23.1 Å². The molecule has 1 amide bonds. The molecule has 33 heavy (non-hydrogen) atoms. The van der Waals surface area contributed by atoms with Crippen LogP contribution in [0.5, 0.6) is 0 Å². The molecule has 0 radical (unpaired) electrons. The first kappa shape index (κ1) is 23.5. The Morgan fingerprint density at radius 3 is 2.85 bits per heavy atom. The summed E-state index contributed by atoms with van der Waals surface area (Å²) in [7, 11) is 0. The Morgan fingerprint density at radius 2 is 2.12 bits per heavy atom. The summed E-state index contributed by atoms with van der Waals surface area (Å²) in [5.41, 5.74) is 4.43. The number of hydrogen-bond acceptors (Lipinski definition) is 5. The van der Waals surface area contributed by atoms with E-state index in [0.717, 1.165) is 30.4 Å². The lowest BCUT2D eigenvalue weighted by atomic mass is 9.97. The molecule has 5 nitrogen and oxygen atoms in total. The van der Waals surface area contributed by atoms with Crippen molar-refractivity contribution in [2.45, 2.75) is 50.7 Å². The molecule has 0 saturated heterocycles. The highest BCUT2D eigenvalue weighted by Gasteiger charge is 2.18. The third-order valence-electron chi connectivity index (χ3n) is 5.82. The Bertz CT molecular complexity index is 1240. The standard InChI is InChI=1S/C26H29N3O2S2/c1-3-15-29-25(31)23-21(20-11-9-18(2)10-12-20)16-32-24(23)28-26(29)33-17-22(30)27-14-13-19-7-5-4-6-8-19/h3,7,9-12,16H,1,4-6,8,13-15,17H2,2H3,(H,27,30). The number of carbonyl (C=O) groups excluding carboxylic acids is 1. The number of amides is 1. The number of benzene rings is 1. The van der Waals surface area contributed by atoms with Gasteiger partial charge in [0.25, 0.3) is 5.56 Å². The third-order valence-corrected chi connectivity index (χ3v) is 7.67. The normalized spacial score (nSPS) is 13.7. The molecule has 3 aromatic rings. The molecule has 0 atom stereocenters. The molecule has 0 saturated carbocycles. The van der Waals surface area contributed by atoms with Crippen LogP contribution in [0.1, 0.15) is 37.7 Å². The Hall–Kier alpha value is -2.64. The van der Waals surface area contributed by atoms with Gasteiger partial charge in [-0.3, -0.25) is 14.2 Å². The van der Waals surface area contributed by atoms with E-state index in [2.05, 4.69) is 18.0 Å². The first-order chi connectivity index (χ1) is 16.1. The number of allylic oxidation sites excluding steroid dienone is 2. The number of aromatic nitrogens is 2. The number of carbonyl (C=O) groups is 1. The van der Waals surface area contributed by atoms with Crippen molar-refractivity contribution < 1.29 is 4.79 Å². The molecule has 0 aliphatic heterocycles. The van der Waals surface area contributed by atoms with E-state index in [1.54, 1.807) is 10.6 Å². The predicted octanol–water partition coefficient (Wildman–Crippen LogP) is 5.72. The van der Waals surface area contributed by atoms with E-state index >= 15 is 0 Å². The van der Waals surface area contributed by atoms with E-state index in [1.165, 1.54) is 47.1 Å². The molecule has 2 aromatic heterocycles. The summed E-state index contributed by atoms with van der Waals surface area (Å²) in [6.45, 7) is 6.85. The number of fused-ring (bicyclic) bond motifs is 1. The fraction of sp³-hybridized carbons (Fsp3) is 0.346. The smallest absolute Gasteiger partial charge is 0.263 e. The van der Waals surface area contributed by atoms with Crippen LogP contribution < -0.4 is 10.9 Å². The molecule has 1 aliphatic carbocycles. The zero-order valence-corrected chi connectivity index (χ0v) is 20.6. The van der Waals surface area contributed by atoms with Gasteiger partial charge in [-0.05, 0) is 44.6 Å². The Morgan fingerprint density at radius 1 is 1.30 bits per heavy atom. The van der Waals surface area contributed by atoms with Gasteiger partial charge < -0.3 is 5.32 Å². The number of thioether (sulfide) groups is 1. The minimum Gasteiger partial charge on any atom is -0.355 e. The summed E-state index contributed by atoms with van der Waals surface area (Å²) in [5.74, 6) is 0.187. The minimum absolute atomic E-state index is 0.0394. The van der Waals surface area contributed by atoms with Crippen LogP contribution in [-0.2, 0) is 11.3 Å². The summed E-state index contributed by atoms with van der Waals surface area (Å²) in [4.78, 5) is 31.3. The predicted molar refractivity (Wildman–Crippen MR) is 139 cm³/mol. The molecule has 2 heterocycles. The quantitative estimate of drug-likeness (QED) is 0.242. The molecule has 0 spiro atoms. The van der Waals surface area contributed by atoms with Crippen LogP contribution in [0.3, 0.4) is 0 Å².